The van der Waals surface area contributed by atoms with E-state index in [-0.39, 0.29) is 18.3 Å². The second-order valence-electron chi connectivity index (χ2n) is 7.05. The standard InChI is InChI=1S/C24H24N4O3S/c1-2-18-10-12-19(13-11-18)25-23(29)17-32-24-27-26-22(16-31-20-7-4-3-5-8-20)28(24)15-21-9-6-14-30-21/h3-14H,2,15-17H2,1H3,(H,25,29). The number of hydrogen-bond acceptors (Lipinski definition) is 6. The number of thioether (sulfide) groups is 1. The summed E-state index contributed by atoms with van der Waals surface area (Å²) in [6, 6.07) is 21.1. The molecule has 0 unspecified atom stereocenters. The smallest absolute Gasteiger partial charge is 0.234 e. The van der Waals surface area contributed by atoms with Gasteiger partial charge in [0.25, 0.3) is 0 Å². The van der Waals surface area contributed by atoms with Gasteiger partial charge in [-0.05, 0) is 48.4 Å². The topological polar surface area (TPSA) is 82.2 Å². The van der Waals surface area contributed by atoms with Crippen LogP contribution in [0.4, 0.5) is 5.69 Å². The fourth-order valence-corrected chi connectivity index (χ4v) is 3.82. The Kier molecular flexibility index (Phi) is 7.24. The minimum Gasteiger partial charge on any atom is -0.486 e. The molecule has 0 bridgehead atoms. The largest absolute Gasteiger partial charge is 0.486 e. The lowest BCUT2D eigenvalue weighted by atomic mass is 10.1. The molecule has 4 rings (SSSR count). The highest BCUT2D eigenvalue weighted by Gasteiger charge is 2.16. The van der Waals surface area contributed by atoms with Gasteiger partial charge in [0, 0.05) is 5.69 Å². The third-order valence-corrected chi connectivity index (χ3v) is 5.74. The molecule has 8 heteroatoms. The van der Waals surface area contributed by atoms with Crippen molar-refractivity contribution >= 4 is 23.4 Å². The molecule has 1 amide bonds. The van der Waals surface area contributed by atoms with E-state index < -0.39 is 0 Å². The van der Waals surface area contributed by atoms with Crippen molar-refractivity contribution in [2.75, 3.05) is 11.1 Å². The maximum absolute atomic E-state index is 12.5. The van der Waals surface area contributed by atoms with Gasteiger partial charge in [0.15, 0.2) is 11.0 Å². The first-order valence-corrected chi connectivity index (χ1v) is 11.3. The summed E-state index contributed by atoms with van der Waals surface area (Å²) in [7, 11) is 0. The highest BCUT2D eigenvalue weighted by atomic mass is 32.2. The lowest BCUT2D eigenvalue weighted by molar-refractivity contribution is -0.113. The van der Waals surface area contributed by atoms with Gasteiger partial charge in [0.1, 0.15) is 18.1 Å². The molecular formula is C24H24N4O3S. The highest BCUT2D eigenvalue weighted by molar-refractivity contribution is 7.99. The SMILES string of the molecule is CCc1ccc(NC(=O)CSc2nnc(COc3ccccc3)n2Cc2ccco2)cc1. The molecule has 0 atom stereocenters. The van der Waals surface area contributed by atoms with Crippen molar-refractivity contribution in [1.29, 1.82) is 0 Å². The van der Waals surface area contributed by atoms with Crippen LogP contribution in [0.2, 0.25) is 0 Å². The quantitative estimate of drug-likeness (QED) is 0.351. The van der Waals surface area contributed by atoms with Gasteiger partial charge in [-0.25, -0.2) is 0 Å². The van der Waals surface area contributed by atoms with E-state index in [4.69, 9.17) is 9.15 Å². The third kappa shape index (κ3) is 5.79. The Balaban J connectivity index is 1.42. The number of nitrogens with one attached hydrogen (secondary N) is 1. The summed E-state index contributed by atoms with van der Waals surface area (Å²) in [6.45, 7) is 2.81. The molecule has 0 aliphatic carbocycles. The summed E-state index contributed by atoms with van der Waals surface area (Å²) < 4.78 is 13.3. The molecule has 32 heavy (non-hydrogen) atoms. The summed E-state index contributed by atoms with van der Waals surface area (Å²) in [5.74, 6) is 2.29. The number of aryl methyl sites for hydroxylation is 1. The lowest BCUT2D eigenvalue weighted by Gasteiger charge is -2.10. The molecule has 0 saturated carbocycles. The van der Waals surface area contributed by atoms with Crippen molar-refractivity contribution in [3.05, 3.63) is 90.1 Å². The van der Waals surface area contributed by atoms with Crippen LogP contribution in [0.5, 0.6) is 5.75 Å². The molecule has 0 aliphatic rings. The van der Waals surface area contributed by atoms with E-state index >= 15 is 0 Å². The molecule has 7 nitrogen and oxygen atoms in total. The number of amides is 1. The molecule has 0 aliphatic heterocycles. The Hall–Kier alpha value is -3.52. The van der Waals surface area contributed by atoms with Crippen LogP contribution in [0.25, 0.3) is 0 Å². The Labute approximate surface area is 190 Å². The monoisotopic (exact) mass is 448 g/mol. The number of furan rings is 1. The van der Waals surface area contributed by atoms with E-state index in [0.717, 1.165) is 23.6 Å². The molecular weight excluding hydrogens is 424 g/mol. The Morgan fingerprint density at radius 1 is 1.06 bits per heavy atom. The minimum absolute atomic E-state index is 0.103. The summed E-state index contributed by atoms with van der Waals surface area (Å²) in [4.78, 5) is 12.5. The zero-order chi connectivity index (χ0) is 22.2. The number of para-hydroxylation sites is 1. The van der Waals surface area contributed by atoms with Gasteiger partial charge in [-0.1, -0.05) is 49.0 Å². The van der Waals surface area contributed by atoms with Crippen LogP contribution in [-0.4, -0.2) is 26.4 Å². The lowest BCUT2D eigenvalue weighted by Crippen LogP contribution is -2.15. The van der Waals surface area contributed by atoms with Gasteiger partial charge < -0.3 is 14.5 Å². The molecule has 2 aromatic carbocycles. The zero-order valence-electron chi connectivity index (χ0n) is 17.7. The van der Waals surface area contributed by atoms with Crippen LogP contribution >= 0.6 is 11.8 Å². The number of benzene rings is 2. The van der Waals surface area contributed by atoms with Gasteiger partial charge in [-0.3, -0.25) is 9.36 Å². The number of anilines is 1. The fraction of sp³-hybridized carbons (Fsp3) is 0.208. The Morgan fingerprint density at radius 3 is 2.59 bits per heavy atom. The summed E-state index contributed by atoms with van der Waals surface area (Å²) in [6.07, 6.45) is 2.59. The fourth-order valence-electron chi connectivity index (χ4n) is 3.07. The average Bonchev–Trinajstić information content (AvgIpc) is 3.48. The number of rotatable bonds is 10. The van der Waals surface area contributed by atoms with Crippen LogP contribution < -0.4 is 10.1 Å². The number of carbonyl (C=O) groups excluding carboxylic acids is 1. The van der Waals surface area contributed by atoms with E-state index in [2.05, 4.69) is 22.4 Å². The third-order valence-electron chi connectivity index (χ3n) is 4.78. The van der Waals surface area contributed by atoms with Gasteiger partial charge >= 0.3 is 0 Å². The average molecular weight is 449 g/mol. The van der Waals surface area contributed by atoms with Crippen molar-refractivity contribution in [3.63, 3.8) is 0 Å². The van der Waals surface area contributed by atoms with E-state index in [1.807, 2.05) is 71.3 Å². The maximum atomic E-state index is 12.5. The molecule has 0 fully saturated rings. The van der Waals surface area contributed by atoms with Crippen LogP contribution in [0, 0.1) is 0 Å². The zero-order valence-corrected chi connectivity index (χ0v) is 18.5. The first kappa shape index (κ1) is 21.7. The van der Waals surface area contributed by atoms with E-state index in [1.165, 1.54) is 17.3 Å². The Morgan fingerprint density at radius 2 is 1.88 bits per heavy atom. The summed E-state index contributed by atoms with van der Waals surface area (Å²) in [5.41, 5.74) is 2.01. The summed E-state index contributed by atoms with van der Waals surface area (Å²) in [5, 5.41) is 12.1. The molecule has 2 heterocycles. The molecule has 0 spiro atoms. The first-order valence-electron chi connectivity index (χ1n) is 10.3. The second-order valence-corrected chi connectivity index (χ2v) is 8.00. The molecule has 164 valence electrons. The first-order chi connectivity index (χ1) is 15.7. The maximum Gasteiger partial charge on any atom is 0.234 e. The van der Waals surface area contributed by atoms with Crippen LogP contribution in [0.15, 0.2) is 82.6 Å². The van der Waals surface area contributed by atoms with E-state index in [1.54, 1.807) is 6.26 Å². The second kappa shape index (κ2) is 10.7. The molecule has 1 N–H and O–H groups in total. The van der Waals surface area contributed by atoms with Crippen LogP contribution in [0.3, 0.4) is 0 Å². The van der Waals surface area contributed by atoms with Crippen molar-refractivity contribution < 1.29 is 13.9 Å². The number of aromatic nitrogens is 3. The molecule has 0 radical (unpaired) electrons. The number of carbonyl (C=O) groups is 1. The highest BCUT2D eigenvalue weighted by Crippen LogP contribution is 2.21. The minimum atomic E-state index is -0.103. The van der Waals surface area contributed by atoms with Crippen molar-refractivity contribution in [2.24, 2.45) is 0 Å². The van der Waals surface area contributed by atoms with Gasteiger partial charge in [-0.2, -0.15) is 0 Å². The van der Waals surface area contributed by atoms with Gasteiger partial charge in [0.2, 0.25) is 5.91 Å². The normalized spacial score (nSPS) is 10.8. The van der Waals surface area contributed by atoms with Crippen molar-refractivity contribution in [3.8, 4) is 5.75 Å². The van der Waals surface area contributed by atoms with Gasteiger partial charge in [0.05, 0.1) is 18.6 Å². The van der Waals surface area contributed by atoms with Gasteiger partial charge in [-0.15, -0.1) is 10.2 Å². The Bertz CT molecular complexity index is 1130. The van der Waals surface area contributed by atoms with Crippen molar-refractivity contribution in [2.45, 2.75) is 31.7 Å². The number of nitrogens with zero attached hydrogens (tertiary/aromatic N) is 3. The van der Waals surface area contributed by atoms with E-state index in [0.29, 0.717) is 17.5 Å². The summed E-state index contributed by atoms with van der Waals surface area (Å²) >= 11 is 1.33. The number of hydrogen-bond donors (Lipinski definition) is 1. The molecule has 0 saturated heterocycles. The van der Waals surface area contributed by atoms with E-state index in [9.17, 15) is 4.79 Å². The predicted octanol–water partition coefficient (Wildman–Crippen LogP) is 4.79. The van der Waals surface area contributed by atoms with Crippen molar-refractivity contribution in [1.82, 2.24) is 14.8 Å². The van der Waals surface area contributed by atoms with Crippen LogP contribution in [0.1, 0.15) is 24.1 Å². The predicted molar refractivity (Wildman–Crippen MR) is 124 cm³/mol. The number of ether oxygens (including phenoxy) is 1. The molecule has 2 aromatic heterocycles. The molecule has 4 aromatic rings. The van der Waals surface area contributed by atoms with Crippen LogP contribution in [-0.2, 0) is 24.4 Å².